The molecule has 0 radical (unpaired) electrons. The maximum Gasteiger partial charge on any atom is 0.262 e. The molecule has 7 nitrogen and oxygen atoms in total. The summed E-state index contributed by atoms with van der Waals surface area (Å²) in [5.74, 6) is 0.320. The van der Waals surface area contributed by atoms with Crippen molar-refractivity contribution in [2.45, 2.75) is 91.2 Å². The van der Waals surface area contributed by atoms with Gasteiger partial charge in [-0.1, -0.05) is 68.9 Å². The molecule has 2 aliphatic heterocycles. The summed E-state index contributed by atoms with van der Waals surface area (Å²) >= 11 is 5.61. The van der Waals surface area contributed by atoms with Crippen LogP contribution in [0, 0.1) is 11.3 Å². The number of aliphatic hydroxyl groups excluding tert-OH is 2. The number of hydrogen-bond donors (Lipinski definition) is 4. The number of hydrogen-bond acceptors (Lipinski definition) is 6. The van der Waals surface area contributed by atoms with Gasteiger partial charge in [-0.3, -0.25) is 9.69 Å². The minimum Gasteiger partial charge on any atom is -0.507 e. The number of carbonyl (C=O) groups is 1. The van der Waals surface area contributed by atoms with Gasteiger partial charge in [-0.15, -0.1) is 0 Å². The Morgan fingerprint density at radius 1 is 1.31 bits per heavy atom. The zero-order valence-corrected chi connectivity index (χ0v) is 28.1. The molecule has 1 fully saturated rings. The molecule has 2 heterocycles. The minimum atomic E-state index is -1.02. The van der Waals surface area contributed by atoms with Crippen LogP contribution in [0.3, 0.4) is 0 Å². The number of phenolic OH excluding ortho intramolecular Hbond substituents is 1. The predicted molar refractivity (Wildman–Crippen MR) is 184 cm³/mol. The fourth-order valence-electron chi connectivity index (χ4n) is 6.93. The quantitative estimate of drug-likeness (QED) is 0.0624. The summed E-state index contributed by atoms with van der Waals surface area (Å²) in [5.41, 5.74) is 4.54. The molecule has 4 N–H and O–H groups in total. The monoisotopic (exact) mass is 632 g/mol. The van der Waals surface area contributed by atoms with E-state index in [-0.39, 0.29) is 34.4 Å². The third-order valence-corrected chi connectivity index (χ3v) is 9.86. The Morgan fingerprint density at radius 2 is 2.02 bits per heavy atom. The average molecular weight is 633 g/mol. The second-order valence-electron chi connectivity index (χ2n) is 13.0. The van der Waals surface area contributed by atoms with E-state index in [0.717, 1.165) is 55.2 Å². The molecule has 5 atom stereocenters. The number of aryl methyl sites for hydroxylation is 1. The van der Waals surface area contributed by atoms with Gasteiger partial charge in [0.25, 0.3) is 5.17 Å². The molecule has 1 aromatic carbocycles. The zero-order chi connectivity index (χ0) is 33.2. The molecule has 242 valence electrons. The van der Waals surface area contributed by atoms with E-state index in [2.05, 4.69) is 45.0 Å². The lowest BCUT2D eigenvalue weighted by Gasteiger charge is -2.53. The van der Waals surface area contributed by atoms with Gasteiger partial charge in [0.2, 0.25) is 5.91 Å². The molecule has 1 saturated heterocycles. The molecule has 3 aliphatic rings. The van der Waals surface area contributed by atoms with Crippen LogP contribution in [0.1, 0.15) is 83.8 Å². The summed E-state index contributed by atoms with van der Waals surface area (Å²) in [4.78, 5) is 14.4. The van der Waals surface area contributed by atoms with Crippen LogP contribution in [0.25, 0.3) is 0 Å². The van der Waals surface area contributed by atoms with E-state index in [9.17, 15) is 20.1 Å². The number of allylic oxidation sites excluding steroid dienone is 4. The van der Waals surface area contributed by atoms with Gasteiger partial charge in [0.15, 0.2) is 0 Å². The van der Waals surface area contributed by atoms with Crippen molar-refractivity contribution in [1.29, 1.82) is 0 Å². The molecule has 1 aromatic rings. The SMILES string of the molecule is C=C(O)C1=C(/C=C/CNC(=S)Oc2cc(CCCCC)cc(O)c2[C@@H]2C=C(C)CC[C@H]2C(=C)C)C(=C)[C@H]2N1C(=O)[C@]2(C)[C@@H](C)O. The topological polar surface area (TPSA) is 102 Å². The number of benzene rings is 1. The number of rotatable bonds is 12. The summed E-state index contributed by atoms with van der Waals surface area (Å²) in [7, 11) is 0. The van der Waals surface area contributed by atoms with E-state index in [1.807, 2.05) is 19.1 Å². The molecule has 1 amide bonds. The number of carbonyl (C=O) groups excluding carboxylic acids is 1. The Bertz CT molecular complexity index is 1500. The van der Waals surface area contributed by atoms with Crippen LogP contribution in [0.5, 0.6) is 11.5 Å². The second kappa shape index (κ2) is 13.8. The number of nitrogens with zero attached hydrogens (tertiary/aromatic N) is 1. The number of amides is 1. The molecular formula is C37H48N2O5S. The fourth-order valence-corrected chi connectivity index (χ4v) is 7.11. The van der Waals surface area contributed by atoms with Crippen LogP contribution in [0.4, 0.5) is 0 Å². The van der Waals surface area contributed by atoms with Crippen molar-refractivity contribution >= 4 is 23.3 Å². The van der Waals surface area contributed by atoms with E-state index in [1.54, 1.807) is 26.0 Å². The fraction of sp³-hybridized carbons (Fsp3) is 0.459. The molecule has 1 aliphatic carbocycles. The summed E-state index contributed by atoms with van der Waals surface area (Å²) in [6.45, 7) is 22.0. The average Bonchev–Trinajstić information content (AvgIpc) is 3.24. The Balaban J connectivity index is 1.54. The number of unbranched alkanes of at least 4 members (excludes halogenated alkanes) is 2. The molecule has 0 spiro atoms. The van der Waals surface area contributed by atoms with E-state index in [4.69, 9.17) is 17.0 Å². The molecule has 4 rings (SSSR count). The number of aromatic hydroxyl groups is 1. The van der Waals surface area contributed by atoms with Crippen molar-refractivity contribution in [3.05, 3.63) is 95.0 Å². The highest BCUT2D eigenvalue weighted by molar-refractivity contribution is 7.80. The van der Waals surface area contributed by atoms with Gasteiger partial charge in [-0.2, -0.15) is 0 Å². The summed E-state index contributed by atoms with van der Waals surface area (Å²) < 4.78 is 6.26. The number of ether oxygens (including phenoxy) is 1. The predicted octanol–water partition coefficient (Wildman–Crippen LogP) is 7.44. The van der Waals surface area contributed by atoms with Crippen molar-refractivity contribution in [2.24, 2.45) is 11.3 Å². The normalized spacial score (nSPS) is 25.2. The highest BCUT2D eigenvalue weighted by Crippen LogP contribution is 2.55. The first-order valence-electron chi connectivity index (χ1n) is 15.9. The van der Waals surface area contributed by atoms with E-state index in [1.165, 1.54) is 10.5 Å². The van der Waals surface area contributed by atoms with Crippen LogP contribution in [-0.2, 0) is 11.2 Å². The van der Waals surface area contributed by atoms with Crippen molar-refractivity contribution < 1.29 is 24.9 Å². The minimum absolute atomic E-state index is 0.0793. The van der Waals surface area contributed by atoms with Crippen LogP contribution >= 0.6 is 12.2 Å². The highest BCUT2D eigenvalue weighted by Gasteiger charge is 2.65. The number of nitrogens with one attached hydrogen (secondary N) is 1. The lowest BCUT2D eigenvalue weighted by molar-refractivity contribution is -0.172. The van der Waals surface area contributed by atoms with E-state index in [0.29, 0.717) is 29.1 Å². The molecule has 0 aromatic heterocycles. The number of β-lactam (4-membered cyclic amide) rings is 1. The third kappa shape index (κ3) is 6.54. The van der Waals surface area contributed by atoms with Gasteiger partial charge < -0.3 is 25.4 Å². The van der Waals surface area contributed by atoms with Crippen LogP contribution in [0.2, 0.25) is 0 Å². The van der Waals surface area contributed by atoms with Gasteiger partial charge in [-0.25, -0.2) is 0 Å². The van der Waals surface area contributed by atoms with Crippen LogP contribution in [-0.4, -0.2) is 50.0 Å². The zero-order valence-electron chi connectivity index (χ0n) is 27.3. The van der Waals surface area contributed by atoms with Crippen LogP contribution < -0.4 is 10.1 Å². The lowest BCUT2D eigenvalue weighted by Crippen LogP contribution is -2.69. The number of thiocarbonyl (C=S) groups is 1. The molecule has 0 unspecified atom stereocenters. The Kier molecular flexibility index (Phi) is 10.5. The maximum absolute atomic E-state index is 13.0. The number of fused-ring (bicyclic) bond motifs is 1. The Morgan fingerprint density at radius 3 is 2.64 bits per heavy atom. The smallest absolute Gasteiger partial charge is 0.262 e. The van der Waals surface area contributed by atoms with Gasteiger partial charge in [-0.05, 0) is 94.8 Å². The standard InChI is InChI=1S/C37H48N2O5S/c1-9-10-11-13-26-19-30(42)32(29-18-22(4)15-16-27(29)21(2)3)31(20-26)44-36(45)38-17-12-14-28-23(5)34-37(8,25(7)41)35(43)39(34)33(28)24(6)40/h12,14,18-20,25,27,29,34,40-42H,2,5-6,9-11,13,15-17H2,1,3-4,7-8H3,(H,38,45)/b14-12+/t25-,27+,29-,34-,37-/m1/s1. The van der Waals surface area contributed by atoms with E-state index >= 15 is 0 Å². The van der Waals surface area contributed by atoms with Crippen LogP contribution in [0.15, 0.2) is 83.8 Å². The molecule has 8 heteroatoms. The van der Waals surface area contributed by atoms with Crippen molar-refractivity contribution in [3.8, 4) is 11.5 Å². The summed E-state index contributed by atoms with van der Waals surface area (Å²) in [6.07, 6.45) is 10.9. The first-order valence-corrected chi connectivity index (χ1v) is 16.3. The van der Waals surface area contributed by atoms with Gasteiger partial charge in [0.05, 0.1) is 23.3 Å². The second-order valence-corrected chi connectivity index (χ2v) is 13.3. The third-order valence-electron chi connectivity index (χ3n) is 9.63. The largest absolute Gasteiger partial charge is 0.507 e. The Hall–Kier alpha value is -3.62. The van der Waals surface area contributed by atoms with Crippen molar-refractivity contribution in [1.82, 2.24) is 10.2 Å². The first kappa shape index (κ1) is 34.3. The lowest BCUT2D eigenvalue weighted by atomic mass is 9.67. The van der Waals surface area contributed by atoms with Gasteiger partial charge >= 0.3 is 0 Å². The van der Waals surface area contributed by atoms with E-state index < -0.39 is 17.6 Å². The molecule has 0 bridgehead atoms. The maximum atomic E-state index is 13.0. The summed E-state index contributed by atoms with van der Waals surface area (Å²) in [6, 6.07) is 3.39. The summed E-state index contributed by atoms with van der Waals surface area (Å²) in [5, 5.41) is 35.3. The van der Waals surface area contributed by atoms with Crippen molar-refractivity contribution in [3.63, 3.8) is 0 Å². The van der Waals surface area contributed by atoms with Gasteiger partial charge in [0, 0.05) is 23.6 Å². The molecule has 0 saturated carbocycles. The van der Waals surface area contributed by atoms with Gasteiger partial charge in [0.1, 0.15) is 17.3 Å². The molecular weight excluding hydrogens is 584 g/mol. The molecule has 45 heavy (non-hydrogen) atoms. The Labute approximate surface area is 273 Å². The van der Waals surface area contributed by atoms with Crippen molar-refractivity contribution in [2.75, 3.05) is 6.54 Å². The first-order chi connectivity index (χ1) is 21.2. The number of phenols is 1. The number of aliphatic hydroxyl groups is 2. The highest BCUT2D eigenvalue weighted by atomic mass is 32.1.